The molecule has 12 aliphatic rings. The molecule has 20 rings (SSSR count). The highest BCUT2D eigenvalue weighted by Gasteiger charge is 2.56. The Kier molecular flexibility index (Phi) is 6.98. The third kappa shape index (κ3) is 4.67. The van der Waals surface area contributed by atoms with Crippen LogP contribution in [-0.4, -0.2) is 19.9 Å². The summed E-state index contributed by atoms with van der Waals surface area (Å²) < 4.78 is 0. The molecule has 346 valence electrons. The van der Waals surface area contributed by atoms with E-state index in [9.17, 15) is 0 Å². The van der Waals surface area contributed by atoms with Gasteiger partial charge in [-0.25, -0.2) is 0 Å². The van der Waals surface area contributed by atoms with Gasteiger partial charge < -0.3 is 0 Å². The molecule has 0 fully saturated rings. The van der Waals surface area contributed by atoms with Gasteiger partial charge in [-0.2, -0.15) is 0 Å². The molecule has 0 N–H and O–H groups in total. The first-order valence-corrected chi connectivity index (χ1v) is 26.2. The molecule has 3 aliphatic heterocycles. The molecule has 2 atom stereocenters. The second kappa shape index (κ2) is 11.6. The molecule has 0 saturated carbocycles. The van der Waals surface area contributed by atoms with Crippen molar-refractivity contribution >= 4 is 43.6 Å². The summed E-state index contributed by atoms with van der Waals surface area (Å²) in [6.07, 6.45) is 15.7. The van der Waals surface area contributed by atoms with E-state index in [0.29, 0.717) is 0 Å². The molecule has 2 unspecified atom stereocenters. The lowest BCUT2D eigenvalue weighted by Gasteiger charge is -2.34. The van der Waals surface area contributed by atoms with Crippen LogP contribution in [-0.2, 0) is 48.7 Å². The summed E-state index contributed by atoms with van der Waals surface area (Å²) in [7, 11) is 0. The number of rotatable bonds is 0. The highest BCUT2D eigenvalue weighted by Crippen LogP contribution is 2.68. The van der Waals surface area contributed by atoms with Crippen molar-refractivity contribution < 1.29 is 0 Å². The van der Waals surface area contributed by atoms with Crippen LogP contribution in [0.25, 0.3) is 65.9 Å². The van der Waals surface area contributed by atoms with Gasteiger partial charge in [0.1, 0.15) is 0 Å². The maximum Gasteiger partial charge on any atom is 0.0728 e. The Morgan fingerprint density at radius 3 is 0.855 bits per heavy atom. The van der Waals surface area contributed by atoms with Gasteiger partial charge in [0, 0.05) is 46.3 Å². The fraction of sp³-hybridized carbons (Fsp3) is 0.446. The monoisotopic (exact) mass is 903 g/mol. The van der Waals surface area contributed by atoms with Gasteiger partial charge >= 0.3 is 0 Å². The molecule has 4 heteroatoms. The predicted octanol–water partition coefficient (Wildman–Crippen LogP) is 15.8. The zero-order valence-corrected chi connectivity index (χ0v) is 43.5. The number of aromatic nitrogens is 4. The molecular weight excluding hydrogens is 837 g/mol. The molecule has 9 aliphatic carbocycles. The van der Waals surface area contributed by atoms with E-state index < -0.39 is 5.41 Å². The average molecular weight is 903 g/mol. The Morgan fingerprint density at radius 2 is 0.551 bits per heavy atom. The van der Waals surface area contributed by atoms with Gasteiger partial charge in [-0.05, 0) is 219 Å². The van der Waals surface area contributed by atoms with Crippen molar-refractivity contribution in [2.45, 2.75) is 184 Å². The van der Waals surface area contributed by atoms with Crippen LogP contribution < -0.4 is 0 Å². The van der Waals surface area contributed by atoms with Crippen LogP contribution in [0.3, 0.4) is 0 Å². The maximum atomic E-state index is 5.59. The molecule has 4 aromatic heterocycles. The normalized spacial score (nSPS) is 27.5. The van der Waals surface area contributed by atoms with E-state index >= 15 is 0 Å². The largest absolute Gasteiger partial charge is 0.256 e. The van der Waals surface area contributed by atoms with Crippen molar-refractivity contribution in [3.8, 4) is 22.3 Å². The summed E-state index contributed by atoms with van der Waals surface area (Å²) >= 11 is 0. The minimum atomic E-state index is -0.658. The van der Waals surface area contributed by atoms with Crippen LogP contribution in [0, 0.1) is 0 Å². The van der Waals surface area contributed by atoms with Crippen LogP contribution in [0.2, 0.25) is 0 Å². The molecular formula is C65H66N4. The SMILES string of the molecule is CC1(C)CC(C)(C)c2c1cnc1cc3c(cc21)-c1cc2c4c5cnc2cc1C31c2cc3ncc6c(c3cc2-c2cc3c7c(cnc3cc21)C(C)(CCC5(C)CC4(C)C)CC7(C)C)C(C)(C)CC6(C)C. The summed E-state index contributed by atoms with van der Waals surface area (Å²) in [6.45, 7) is 34.6. The first-order chi connectivity index (χ1) is 32.3. The van der Waals surface area contributed by atoms with Crippen LogP contribution in [0.15, 0.2) is 73.3 Å². The Balaban J connectivity index is 1.17. The molecule has 0 amide bonds. The molecule has 4 nitrogen and oxygen atoms in total. The average Bonchev–Trinajstić information content (AvgIpc) is 3.95. The molecule has 15 bridgehead atoms. The maximum absolute atomic E-state index is 5.59. The first-order valence-electron chi connectivity index (χ1n) is 26.2. The second-order valence-corrected chi connectivity index (χ2v) is 28.2. The molecule has 1 spiro atoms. The molecule has 8 aromatic rings. The van der Waals surface area contributed by atoms with Crippen molar-refractivity contribution in [1.29, 1.82) is 0 Å². The molecule has 0 radical (unpaired) electrons. The molecule has 0 saturated heterocycles. The third-order valence-electron chi connectivity index (χ3n) is 20.4. The van der Waals surface area contributed by atoms with E-state index in [-0.39, 0.29) is 43.3 Å². The molecule has 69 heavy (non-hydrogen) atoms. The van der Waals surface area contributed by atoms with E-state index in [4.69, 9.17) is 19.9 Å². The molecule has 4 aromatic carbocycles. The van der Waals surface area contributed by atoms with Crippen molar-refractivity contribution in [2.75, 3.05) is 0 Å². The van der Waals surface area contributed by atoms with Crippen molar-refractivity contribution in [3.63, 3.8) is 0 Å². The lowest BCUT2D eigenvalue weighted by molar-refractivity contribution is 0.284. The van der Waals surface area contributed by atoms with Crippen LogP contribution in [0.4, 0.5) is 0 Å². The zero-order valence-electron chi connectivity index (χ0n) is 43.5. The Labute approximate surface area is 408 Å². The smallest absolute Gasteiger partial charge is 0.0728 e. The van der Waals surface area contributed by atoms with E-state index in [2.05, 4.69) is 170 Å². The number of pyridine rings is 4. The lowest BCUT2D eigenvalue weighted by Crippen LogP contribution is -2.28. The fourth-order valence-electron chi connectivity index (χ4n) is 18.7. The summed E-state index contributed by atoms with van der Waals surface area (Å²) in [4.78, 5) is 22.1. The van der Waals surface area contributed by atoms with Gasteiger partial charge in [-0.15, -0.1) is 0 Å². The van der Waals surface area contributed by atoms with E-state index in [1.165, 1.54) is 111 Å². The minimum Gasteiger partial charge on any atom is -0.256 e. The topological polar surface area (TPSA) is 51.6 Å². The van der Waals surface area contributed by atoms with E-state index in [1.54, 1.807) is 0 Å². The van der Waals surface area contributed by atoms with Gasteiger partial charge in [0.05, 0.1) is 27.5 Å². The Hall–Kier alpha value is -5.48. The highest BCUT2D eigenvalue weighted by atomic mass is 14.7. The van der Waals surface area contributed by atoms with Gasteiger partial charge in [-0.3, -0.25) is 19.9 Å². The van der Waals surface area contributed by atoms with Gasteiger partial charge in [0.15, 0.2) is 0 Å². The first kappa shape index (κ1) is 41.3. The summed E-state index contributed by atoms with van der Waals surface area (Å²) in [5.41, 5.74) is 26.0. The van der Waals surface area contributed by atoms with Crippen LogP contribution >= 0.6 is 0 Å². The quantitative estimate of drug-likeness (QED) is 0.152. The van der Waals surface area contributed by atoms with Crippen molar-refractivity contribution in [2.24, 2.45) is 0 Å². The van der Waals surface area contributed by atoms with E-state index in [1.807, 2.05) is 0 Å². The number of fused-ring (bicyclic) bond motifs is 8. The standard InChI is InChI=1S/C65H66N4/c1-57(2)29-59(5,6)53-37-17-33-35-19-39-51-23-43(35)65(41(33)21-49(37)66-25-45(53)57)42-22-50-38(54-46(26-67-50)58(3,4)30-60(54,7)8)18-34(42)36-20-40-52(24-44(36)65)69-28-48-56(40)62(11,12)32-64(48,14)16-15-63(13)31-61(9,10)55(39)47(63)27-68-51/h17-28H,15-16,29-32H2,1-14H3. The summed E-state index contributed by atoms with van der Waals surface area (Å²) in [6, 6.07) is 20.5. The number of benzene rings is 4. The molecule has 7 heterocycles. The Morgan fingerprint density at radius 1 is 0.290 bits per heavy atom. The summed E-state index contributed by atoms with van der Waals surface area (Å²) in [5.74, 6) is 0. The fourth-order valence-corrected chi connectivity index (χ4v) is 18.7. The van der Waals surface area contributed by atoms with Crippen molar-refractivity contribution in [3.05, 3.63) is 140 Å². The van der Waals surface area contributed by atoms with Gasteiger partial charge in [0.2, 0.25) is 0 Å². The highest BCUT2D eigenvalue weighted by molar-refractivity contribution is 6.08. The number of nitrogens with zero attached hydrogens (tertiary/aromatic N) is 4. The van der Waals surface area contributed by atoms with Gasteiger partial charge in [0.25, 0.3) is 0 Å². The van der Waals surface area contributed by atoms with E-state index in [0.717, 1.165) is 60.6 Å². The predicted molar refractivity (Wildman–Crippen MR) is 285 cm³/mol. The summed E-state index contributed by atoms with van der Waals surface area (Å²) in [5, 5.41) is 5.25. The van der Waals surface area contributed by atoms with Crippen LogP contribution in [0.1, 0.15) is 202 Å². The lowest BCUT2D eigenvalue weighted by atomic mass is 9.69. The number of hydrogen-bond donors (Lipinski definition) is 0. The minimum absolute atomic E-state index is 0.000276. The Bertz CT molecular complexity index is 3590. The van der Waals surface area contributed by atoms with Crippen molar-refractivity contribution in [1.82, 2.24) is 19.9 Å². The second-order valence-electron chi connectivity index (χ2n) is 28.2. The van der Waals surface area contributed by atoms with Gasteiger partial charge in [-0.1, -0.05) is 96.9 Å². The van der Waals surface area contributed by atoms with Crippen LogP contribution in [0.5, 0.6) is 0 Å². The zero-order chi connectivity index (χ0) is 47.9. The number of hydrogen-bond acceptors (Lipinski definition) is 4. The third-order valence-corrected chi connectivity index (χ3v) is 20.4.